The quantitative estimate of drug-likeness (QED) is 0.606. The third-order valence-corrected chi connectivity index (χ3v) is 4.24. The van der Waals surface area contributed by atoms with Gasteiger partial charge in [0, 0.05) is 29.6 Å². The van der Waals surface area contributed by atoms with E-state index in [1.54, 1.807) is 12.3 Å². The maximum atomic E-state index is 13.9. The maximum absolute atomic E-state index is 13.9. The Morgan fingerprint density at radius 3 is 2.68 bits per heavy atom. The summed E-state index contributed by atoms with van der Waals surface area (Å²) in [7, 11) is 0. The van der Waals surface area contributed by atoms with Crippen molar-refractivity contribution in [2.24, 2.45) is 5.73 Å². The van der Waals surface area contributed by atoms with E-state index in [9.17, 15) is 4.39 Å². The molecule has 0 fully saturated rings. The molecule has 2 N–H and O–H groups in total. The molecule has 0 spiro atoms. The van der Waals surface area contributed by atoms with E-state index in [1.165, 1.54) is 6.07 Å². The Morgan fingerprint density at radius 2 is 1.80 bits per heavy atom. The number of aromatic nitrogens is 2. The molecule has 0 amide bonds. The highest BCUT2D eigenvalue weighted by Gasteiger charge is 2.18. The molecular weight excluding hydrogens is 317 g/mol. The molecule has 0 saturated heterocycles. The van der Waals surface area contributed by atoms with Crippen LogP contribution in [0.25, 0.3) is 22.2 Å². The fourth-order valence-electron chi connectivity index (χ4n) is 3.00. The van der Waals surface area contributed by atoms with Crippen LogP contribution in [0.1, 0.15) is 17.3 Å². The van der Waals surface area contributed by atoms with Gasteiger partial charge in [0.05, 0.1) is 5.69 Å². The lowest BCUT2D eigenvalue weighted by Crippen LogP contribution is -2.16. The molecule has 0 radical (unpaired) electrons. The van der Waals surface area contributed by atoms with Crippen molar-refractivity contribution in [3.05, 3.63) is 83.9 Å². The number of pyridine rings is 1. The molecule has 0 aliphatic heterocycles. The van der Waals surface area contributed by atoms with Crippen molar-refractivity contribution in [3.8, 4) is 11.3 Å². The van der Waals surface area contributed by atoms with Crippen molar-refractivity contribution in [2.75, 3.05) is 0 Å². The van der Waals surface area contributed by atoms with Gasteiger partial charge in [-0.3, -0.25) is 4.98 Å². The van der Waals surface area contributed by atoms with E-state index >= 15 is 0 Å². The van der Waals surface area contributed by atoms with Crippen LogP contribution in [-0.4, -0.2) is 10.1 Å². The highest BCUT2D eigenvalue weighted by molar-refractivity contribution is 5.92. The van der Waals surface area contributed by atoms with Gasteiger partial charge in [-0.05, 0) is 29.8 Å². The number of rotatable bonds is 4. The fourth-order valence-corrected chi connectivity index (χ4v) is 3.00. The van der Waals surface area contributed by atoms with Gasteiger partial charge in [-0.1, -0.05) is 41.6 Å². The highest BCUT2D eigenvalue weighted by atomic mass is 19.1. The van der Waals surface area contributed by atoms with Crippen molar-refractivity contribution < 1.29 is 8.91 Å². The van der Waals surface area contributed by atoms with Gasteiger partial charge in [-0.15, -0.1) is 0 Å². The molecule has 5 heteroatoms. The number of hydrogen-bond donors (Lipinski definition) is 1. The molecule has 2 aromatic carbocycles. The number of fused-ring (bicyclic) bond motifs is 1. The van der Waals surface area contributed by atoms with E-state index in [-0.39, 0.29) is 5.82 Å². The second-order valence-electron chi connectivity index (χ2n) is 5.86. The first kappa shape index (κ1) is 15.5. The van der Waals surface area contributed by atoms with E-state index in [4.69, 9.17) is 10.3 Å². The summed E-state index contributed by atoms with van der Waals surface area (Å²) in [5.41, 5.74) is 9.96. The van der Waals surface area contributed by atoms with Crippen LogP contribution in [0.4, 0.5) is 4.39 Å². The summed E-state index contributed by atoms with van der Waals surface area (Å²) in [6.07, 6.45) is 1.88. The molecule has 1 atom stereocenters. The molecule has 4 aromatic rings. The Hall–Kier alpha value is -3.05. The first-order valence-electron chi connectivity index (χ1n) is 8.02. The predicted molar refractivity (Wildman–Crippen MR) is 94.3 cm³/mol. The molecule has 0 aliphatic carbocycles. The van der Waals surface area contributed by atoms with Crippen LogP contribution < -0.4 is 5.73 Å². The van der Waals surface area contributed by atoms with Crippen LogP contribution in [0.3, 0.4) is 0 Å². The Kier molecular flexibility index (Phi) is 3.99. The minimum absolute atomic E-state index is 0.305. The topological polar surface area (TPSA) is 64.9 Å². The Labute approximate surface area is 144 Å². The molecule has 0 saturated carbocycles. The summed E-state index contributed by atoms with van der Waals surface area (Å²) < 4.78 is 19.3. The molecule has 0 aliphatic rings. The van der Waals surface area contributed by atoms with Crippen LogP contribution in [0.5, 0.6) is 0 Å². The van der Waals surface area contributed by atoms with Gasteiger partial charge >= 0.3 is 0 Å². The summed E-state index contributed by atoms with van der Waals surface area (Å²) >= 11 is 0. The van der Waals surface area contributed by atoms with Crippen molar-refractivity contribution >= 4 is 11.0 Å². The molecule has 4 rings (SSSR count). The van der Waals surface area contributed by atoms with E-state index in [1.807, 2.05) is 48.5 Å². The second-order valence-corrected chi connectivity index (χ2v) is 5.86. The smallest absolute Gasteiger partial charge is 0.167 e. The summed E-state index contributed by atoms with van der Waals surface area (Å²) in [5, 5.41) is 5.14. The lowest BCUT2D eigenvalue weighted by Gasteiger charge is -2.15. The summed E-state index contributed by atoms with van der Waals surface area (Å²) in [4.78, 5) is 4.10. The van der Waals surface area contributed by atoms with Gasteiger partial charge in [0.2, 0.25) is 0 Å². The van der Waals surface area contributed by atoms with Crippen molar-refractivity contribution in [1.29, 1.82) is 0 Å². The Morgan fingerprint density at radius 1 is 1.00 bits per heavy atom. The lowest BCUT2D eigenvalue weighted by atomic mass is 9.94. The van der Waals surface area contributed by atoms with E-state index < -0.39 is 6.04 Å². The van der Waals surface area contributed by atoms with Gasteiger partial charge in [-0.2, -0.15) is 0 Å². The molecule has 0 bridgehead atoms. The molecule has 124 valence electrons. The van der Waals surface area contributed by atoms with Gasteiger partial charge in [0.25, 0.3) is 0 Å². The summed E-state index contributed by atoms with van der Waals surface area (Å²) in [5.74, 6) is -0.345. The summed E-state index contributed by atoms with van der Waals surface area (Å²) in [6, 6.07) is 18.0. The van der Waals surface area contributed by atoms with Crippen molar-refractivity contribution in [3.63, 3.8) is 0 Å². The Bertz CT molecular complexity index is 1030. The van der Waals surface area contributed by atoms with Crippen molar-refractivity contribution in [2.45, 2.75) is 12.5 Å². The largest absolute Gasteiger partial charge is 0.356 e. The SMILES string of the molecule is N[C@@H](Cc1ncccc1F)c1ccccc1-c1noc2ccccc12. The highest BCUT2D eigenvalue weighted by Crippen LogP contribution is 2.33. The fraction of sp³-hybridized carbons (Fsp3) is 0.100. The summed E-state index contributed by atoms with van der Waals surface area (Å²) in [6.45, 7) is 0. The minimum Gasteiger partial charge on any atom is -0.356 e. The Balaban J connectivity index is 1.75. The van der Waals surface area contributed by atoms with E-state index in [2.05, 4.69) is 10.1 Å². The second kappa shape index (κ2) is 6.45. The number of nitrogens with two attached hydrogens (primary N) is 1. The number of benzene rings is 2. The van der Waals surface area contributed by atoms with Crippen LogP contribution >= 0.6 is 0 Å². The number of nitrogens with zero attached hydrogens (tertiary/aromatic N) is 2. The third kappa shape index (κ3) is 2.90. The van der Waals surface area contributed by atoms with Crippen LogP contribution in [0, 0.1) is 5.82 Å². The zero-order valence-corrected chi connectivity index (χ0v) is 13.4. The monoisotopic (exact) mass is 333 g/mol. The number of halogens is 1. The van der Waals surface area contributed by atoms with Gasteiger partial charge < -0.3 is 10.3 Å². The zero-order chi connectivity index (χ0) is 17.2. The number of hydrogen-bond acceptors (Lipinski definition) is 4. The van der Waals surface area contributed by atoms with Crippen LogP contribution in [0.15, 0.2) is 71.4 Å². The normalized spacial score (nSPS) is 12.4. The molecule has 25 heavy (non-hydrogen) atoms. The predicted octanol–water partition coefficient (Wildman–Crippen LogP) is 4.27. The molecule has 4 nitrogen and oxygen atoms in total. The van der Waals surface area contributed by atoms with E-state index in [0.29, 0.717) is 12.1 Å². The van der Waals surface area contributed by atoms with E-state index in [0.717, 1.165) is 27.8 Å². The van der Waals surface area contributed by atoms with Crippen LogP contribution in [-0.2, 0) is 6.42 Å². The third-order valence-electron chi connectivity index (χ3n) is 4.24. The zero-order valence-electron chi connectivity index (χ0n) is 13.4. The maximum Gasteiger partial charge on any atom is 0.167 e. The van der Waals surface area contributed by atoms with Gasteiger partial charge in [0.1, 0.15) is 11.5 Å². The van der Waals surface area contributed by atoms with Gasteiger partial charge in [0.15, 0.2) is 5.58 Å². The molecule has 2 aromatic heterocycles. The average molecular weight is 333 g/mol. The lowest BCUT2D eigenvalue weighted by molar-refractivity contribution is 0.459. The number of para-hydroxylation sites is 1. The first-order valence-corrected chi connectivity index (χ1v) is 8.02. The van der Waals surface area contributed by atoms with Crippen LogP contribution in [0.2, 0.25) is 0 Å². The first-order chi connectivity index (χ1) is 12.2. The van der Waals surface area contributed by atoms with Gasteiger partial charge in [-0.25, -0.2) is 4.39 Å². The average Bonchev–Trinajstić information content (AvgIpc) is 3.07. The molecule has 2 heterocycles. The molecular formula is C20H16FN3O. The standard InChI is InChI=1S/C20H16FN3O/c21-16-9-5-11-23-18(16)12-17(22)13-6-1-2-7-14(13)20-15-8-3-4-10-19(15)25-24-20/h1-11,17H,12,22H2/t17-/m0/s1. The molecule has 0 unspecified atom stereocenters. The van der Waals surface area contributed by atoms with Crippen molar-refractivity contribution in [1.82, 2.24) is 10.1 Å². The minimum atomic E-state index is -0.406.